The highest BCUT2D eigenvalue weighted by molar-refractivity contribution is 6.08. The van der Waals surface area contributed by atoms with Gasteiger partial charge in [-0.05, 0) is 31.0 Å². The number of hydrogen-bond donors (Lipinski definition) is 1. The van der Waals surface area contributed by atoms with Crippen molar-refractivity contribution in [2.24, 2.45) is 0 Å². The van der Waals surface area contributed by atoms with Gasteiger partial charge in [-0.25, -0.2) is 14.8 Å². The lowest BCUT2D eigenvalue weighted by atomic mass is 10.1. The summed E-state index contributed by atoms with van der Waals surface area (Å²) in [6.07, 6.45) is 1.75. The quantitative estimate of drug-likeness (QED) is 0.381. The second-order valence-electron chi connectivity index (χ2n) is 7.09. The molecule has 4 rings (SSSR count). The zero-order chi connectivity index (χ0) is 20.4. The standard InChI is InChI=1S/C23H24N4O2/c1-3-4-14-29-23(28)19-20-22(26-18-13-9-8-12-17(18)25-20)27(21(19)24)15(2)16-10-6-5-7-11-16/h5-13,15H,3-4,14,24H2,1-2H3/t15-/m1/s1. The van der Waals surface area contributed by atoms with E-state index < -0.39 is 5.97 Å². The normalized spacial score (nSPS) is 12.3. The average Bonchev–Trinajstić information content (AvgIpc) is 3.03. The Hall–Kier alpha value is -3.41. The van der Waals surface area contributed by atoms with Crippen LogP contribution in [0.4, 0.5) is 5.82 Å². The van der Waals surface area contributed by atoms with Crippen LogP contribution in [0.1, 0.15) is 48.7 Å². The van der Waals surface area contributed by atoms with Crippen molar-refractivity contribution in [3.05, 3.63) is 65.7 Å². The molecular weight excluding hydrogens is 364 g/mol. The van der Waals surface area contributed by atoms with Gasteiger partial charge in [0.1, 0.15) is 16.9 Å². The summed E-state index contributed by atoms with van der Waals surface area (Å²) < 4.78 is 7.34. The monoisotopic (exact) mass is 388 g/mol. The topological polar surface area (TPSA) is 83.0 Å². The fourth-order valence-corrected chi connectivity index (χ4v) is 3.54. The third-order valence-electron chi connectivity index (χ3n) is 5.14. The molecule has 0 amide bonds. The van der Waals surface area contributed by atoms with Crippen molar-refractivity contribution >= 4 is 34.0 Å². The molecule has 4 aromatic rings. The number of nitrogen functional groups attached to an aromatic ring is 1. The Bertz CT molecular complexity index is 1170. The predicted molar refractivity (Wildman–Crippen MR) is 115 cm³/mol. The van der Waals surface area contributed by atoms with Crippen molar-refractivity contribution in [2.45, 2.75) is 32.7 Å². The van der Waals surface area contributed by atoms with Gasteiger partial charge >= 0.3 is 5.97 Å². The molecule has 0 saturated carbocycles. The first-order valence-corrected chi connectivity index (χ1v) is 9.90. The molecule has 2 aromatic carbocycles. The smallest absolute Gasteiger partial charge is 0.344 e. The van der Waals surface area contributed by atoms with Gasteiger partial charge in [-0.15, -0.1) is 0 Å². The molecule has 29 heavy (non-hydrogen) atoms. The van der Waals surface area contributed by atoms with E-state index in [1.165, 1.54) is 0 Å². The highest BCUT2D eigenvalue weighted by atomic mass is 16.5. The van der Waals surface area contributed by atoms with Gasteiger partial charge in [0.05, 0.1) is 23.7 Å². The summed E-state index contributed by atoms with van der Waals surface area (Å²) >= 11 is 0. The van der Waals surface area contributed by atoms with Crippen LogP contribution in [0.3, 0.4) is 0 Å². The maximum Gasteiger partial charge on any atom is 0.344 e. The number of nitrogens with two attached hydrogens (primary N) is 1. The van der Waals surface area contributed by atoms with Crippen molar-refractivity contribution in [1.82, 2.24) is 14.5 Å². The van der Waals surface area contributed by atoms with Crippen molar-refractivity contribution in [2.75, 3.05) is 12.3 Å². The number of fused-ring (bicyclic) bond motifs is 2. The number of esters is 1. The SMILES string of the molecule is CCCCOC(=O)c1c(N)n([C@H](C)c2ccccc2)c2nc3ccccc3nc12. The maximum absolute atomic E-state index is 12.9. The Morgan fingerprint density at radius 3 is 2.41 bits per heavy atom. The Labute approximate surface area is 169 Å². The van der Waals surface area contributed by atoms with E-state index in [2.05, 4.69) is 0 Å². The van der Waals surface area contributed by atoms with E-state index in [4.69, 9.17) is 20.4 Å². The fraction of sp³-hybridized carbons (Fsp3) is 0.261. The van der Waals surface area contributed by atoms with E-state index in [0.29, 0.717) is 29.1 Å². The van der Waals surface area contributed by atoms with E-state index in [-0.39, 0.29) is 11.6 Å². The van der Waals surface area contributed by atoms with Crippen molar-refractivity contribution < 1.29 is 9.53 Å². The lowest BCUT2D eigenvalue weighted by Gasteiger charge is -2.17. The lowest BCUT2D eigenvalue weighted by Crippen LogP contribution is -2.13. The second-order valence-corrected chi connectivity index (χ2v) is 7.09. The number of unbranched alkanes of at least 4 members (excludes halogenated alkanes) is 1. The van der Waals surface area contributed by atoms with Gasteiger partial charge in [0.15, 0.2) is 5.65 Å². The lowest BCUT2D eigenvalue weighted by molar-refractivity contribution is 0.0503. The summed E-state index contributed by atoms with van der Waals surface area (Å²) in [7, 11) is 0. The average molecular weight is 388 g/mol. The van der Waals surface area contributed by atoms with E-state index in [1.54, 1.807) is 0 Å². The summed E-state index contributed by atoms with van der Waals surface area (Å²) in [4.78, 5) is 22.4. The van der Waals surface area contributed by atoms with Crippen LogP contribution < -0.4 is 5.73 Å². The minimum atomic E-state index is -0.454. The Morgan fingerprint density at radius 2 is 1.72 bits per heavy atom. The first-order chi connectivity index (χ1) is 14.1. The Balaban J connectivity index is 1.93. The van der Waals surface area contributed by atoms with Gasteiger partial charge in [-0.2, -0.15) is 0 Å². The van der Waals surface area contributed by atoms with Gasteiger partial charge in [-0.1, -0.05) is 55.8 Å². The molecule has 1 atom stereocenters. The zero-order valence-electron chi connectivity index (χ0n) is 16.6. The number of anilines is 1. The fourth-order valence-electron chi connectivity index (χ4n) is 3.54. The van der Waals surface area contributed by atoms with Crippen LogP contribution >= 0.6 is 0 Å². The predicted octanol–water partition coefficient (Wildman–Crippen LogP) is 4.73. The van der Waals surface area contributed by atoms with Crippen LogP contribution in [0.5, 0.6) is 0 Å². The van der Waals surface area contributed by atoms with Crippen LogP contribution in [0.25, 0.3) is 22.2 Å². The minimum Gasteiger partial charge on any atom is -0.462 e. The van der Waals surface area contributed by atoms with Crippen LogP contribution in [0, 0.1) is 0 Å². The van der Waals surface area contributed by atoms with Crippen LogP contribution in [-0.4, -0.2) is 27.1 Å². The highest BCUT2D eigenvalue weighted by Gasteiger charge is 2.27. The summed E-state index contributed by atoms with van der Waals surface area (Å²) in [5.41, 5.74) is 10.4. The zero-order valence-corrected chi connectivity index (χ0v) is 16.6. The largest absolute Gasteiger partial charge is 0.462 e. The number of rotatable bonds is 6. The number of ether oxygens (including phenoxy) is 1. The third kappa shape index (κ3) is 3.42. The summed E-state index contributed by atoms with van der Waals surface area (Å²) in [5.74, 6) is -0.127. The van der Waals surface area contributed by atoms with Crippen molar-refractivity contribution in [3.8, 4) is 0 Å². The van der Waals surface area contributed by atoms with E-state index in [9.17, 15) is 4.79 Å². The second kappa shape index (κ2) is 7.91. The molecule has 0 radical (unpaired) electrons. The Morgan fingerprint density at radius 1 is 1.07 bits per heavy atom. The van der Waals surface area contributed by atoms with Crippen molar-refractivity contribution in [3.63, 3.8) is 0 Å². The third-order valence-corrected chi connectivity index (χ3v) is 5.14. The first-order valence-electron chi connectivity index (χ1n) is 9.90. The molecule has 0 aliphatic carbocycles. The molecule has 6 heteroatoms. The molecule has 0 saturated heterocycles. The summed E-state index contributed by atoms with van der Waals surface area (Å²) in [6.45, 7) is 4.44. The first kappa shape index (κ1) is 18.9. The molecule has 2 heterocycles. The minimum absolute atomic E-state index is 0.119. The van der Waals surface area contributed by atoms with E-state index in [1.807, 2.05) is 73.0 Å². The van der Waals surface area contributed by atoms with E-state index in [0.717, 1.165) is 23.9 Å². The molecule has 148 valence electrons. The number of benzene rings is 2. The molecule has 0 fully saturated rings. The molecule has 0 unspecified atom stereocenters. The molecule has 2 N–H and O–H groups in total. The van der Waals surface area contributed by atoms with Gasteiger partial charge < -0.3 is 15.0 Å². The number of hydrogen-bond acceptors (Lipinski definition) is 5. The van der Waals surface area contributed by atoms with Crippen LogP contribution in [-0.2, 0) is 4.74 Å². The molecule has 0 bridgehead atoms. The number of carbonyl (C=O) groups excluding carboxylic acids is 1. The summed E-state index contributed by atoms with van der Waals surface area (Å²) in [5, 5.41) is 0. The molecule has 0 aliphatic heterocycles. The maximum atomic E-state index is 12.9. The van der Waals surface area contributed by atoms with Crippen molar-refractivity contribution in [1.29, 1.82) is 0 Å². The summed E-state index contributed by atoms with van der Waals surface area (Å²) in [6, 6.07) is 17.5. The number of carbonyl (C=O) groups is 1. The van der Waals surface area contributed by atoms with Gasteiger partial charge in [0.2, 0.25) is 0 Å². The van der Waals surface area contributed by atoms with Crippen LogP contribution in [0.15, 0.2) is 54.6 Å². The number of nitrogens with zero attached hydrogens (tertiary/aromatic N) is 3. The van der Waals surface area contributed by atoms with Crippen LogP contribution in [0.2, 0.25) is 0 Å². The van der Waals surface area contributed by atoms with Gasteiger partial charge in [0, 0.05) is 0 Å². The number of aromatic nitrogens is 3. The van der Waals surface area contributed by atoms with Gasteiger partial charge in [-0.3, -0.25) is 0 Å². The molecule has 6 nitrogen and oxygen atoms in total. The molecule has 0 spiro atoms. The molecule has 2 aromatic heterocycles. The molecular formula is C23H24N4O2. The number of para-hydroxylation sites is 2. The van der Waals surface area contributed by atoms with E-state index >= 15 is 0 Å². The van der Waals surface area contributed by atoms with Gasteiger partial charge in [0.25, 0.3) is 0 Å². The Kier molecular flexibility index (Phi) is 5.16. The highest BCUT2D eigenvalue weighted by Crippen LogP contribution is 2.33. The molecule has 0 aliphatic rings.